The van der Waals surface area contributed by atoms with Crippen molar-refractivity contribution in [1.82, 2.24) is 0 Å². The lowest BCUT2D eigenvalue weighted by atomic mass is 9.70. The van der Waals surface area contributed by atoms with Gasteiger partial charge in [-0.05, 0) is 72.6 Å². The fraction of sp³-hybridized carbons (Fsp3) is 0.714. The van der Waals surface area contributed by atoms with E-state index in [4.69, 9.17) is 5.73 Å². The second-order valence-corrected chi connectivity index (χ2v) is 9.16. The molecule has 2 saturated carbocycles. The van der Waals surface area contributed by atoms with Gasteiger partial charge in [0.1, 0.15) is 0 Å². The number of hydrogen-bond acceptors (Lipinski definition) is 2. The third-order valence-electron chi connectivity index (χ3n) is 6.39. The molecule has 2 fully saturated rings. The van der Waals surface area contributed by atoms with Crippen LogP contribution in [0.1, 0.15) is 65.4 Å². The Morgan fingerprint density at radius 1 is 1.13 bits per heavy atom. The Hall–Kier alpha value is -1.02. The van der Waals surface area contributed by atoms with E-state index in [2.05, 4.69) is 57.3 Å². The highest BCUT2D eigenvalue weighted by Crippen LogP contribution is 2.54. The van der Waals surface area contributed by atoms with Crippen LogP contribution >= 0.6 is 0 Å². The van der Waals surface area contributed by atoms with E-state index >= 15 is 0 Å². The smallest absolute Gasteiger partial charge is 0.0342 e. The summed E-state index contributed by atoms with van der Waals surface area (Å²) < 4.78 is 0. The molecule has 2 aliphatic carbocycles. The molecule has 3 rings (SSSR count). The van der Waals surface area contributed by atoms with Crippen molar-refractivity contribution >= 4 is 5.69 Å². The molecule has 3 N–H and O–H groups in total. The highest BCUT2D eigenvalue weighted by atomic mass is 14.9. The first-order valence-corrected chi connectivity index (χ1v) is 9.42. The minimum absolute atomic E-state index is 0.223. The van der Waals surface area contributed by atoms with Crippen molar-refractivity contribution in [2.24, 2.45) is 23.0 Å². The summed E-state index contributed by atoms with van der Waals surface area (Å²) in [6, 6.07) is 9.67. The van der Waals surface area contributed by atoms with E-state index in [1.807, 2.05) is 0 Å². The standard InChI is InChI=1S/C21H34N2/c1-5-15-10-16-12-21(11-15,14-22)13-19(16)23-18-8-6-17(7-9-18)20(2,3)4/h6-9,15-16,19,23H,5,10-14,22H2,1-4H3/t15?,16?,19-,21?/m0/s1. The zero-order valence-corrected chi connectivity index (χ0v) is 15.4. The second kappa shape index (κ2) is 6.12. The molecule has 23 heavy (non-hydrogen) atoms. The molecule has 0 spiro atoms. The summed E-state index contributed by atoms with van der Waals surface area (Å²) in [7, 11) is 0. The highest BCUT2D eigenvalue weighted by molar-refractivity contribution is 5.47. The SMILES string of the molecule is CCC1CC2CC(CN)(C1)C[C@@H]2Nc1ccc(C(C)(C)C)cc1. The number of nitrogens with one attached hydrogen (secondary N) is 1. The molecule has 0 heterocycles. The Morgan fingerprint density at radius 3 is 2.39 bits per heavy atom. The summed E-state index contributed by atoms with van der Waals surface area (Å²) in [6.45, 7) is 10.0. The Bertz CT molecular complexity index is 528. The fourth-order valence-electron chi connectivity index (χ4n) is 4.96. The molecule has 128 valence electrons. The zero-order chi connectivity index (χ0) is 16.7. The number of anilines is 1. The Morgan fingerprint density at radius 2 is 1.83 bits per heavy atom. The maximum absolute atomic E-state index is 6.19. The molecule has 2 bridgehead atoms. The molecule has 2 aliphatic rings. The second-order valence-electron chi connectivity index (χ2n) is 9.16. The minimum Gasteiger partial charge on any atom is -0.382 e. The van der Waals surface area contributed by atoms with Crippen LogP contribution in [0.2, 0.25) is 0 Å². The molecule has 1 aromatic carbocycles. The molecule has 3 unspecified atom stereocenters. The van der Waals surface area contributed by atoms with Crippen molar-refractivity contribution in [3.8, 4) is 0 Å². The lowest BCUT2D eigenvalue weighted by Gasteiger charge is -2.36. The summed E-state index contributed by atoms with van der Waals surface area (Å²) in [5.74, 6) is 1.69. The van der Waals surface area contributed by atoms with E-state index in [9.17, 15) is 0 Å². The first kappa shape index (κ1) is 16.8. The first-order chi connectivity index (χ1) is 10.8. The lowest BCUT2D eigenvalue weighted by Crippen LogP contribution is -2.33. The maximum atomic E-state index is 6.19. The van der Waals surface area contributed by atoms with Gasteiger partial charge in [-0.1, -0.05) is 46.2 Å². The fourth-order valence-corrected chi connectivity index (χ4v) is 4.96. The molecule has 0 radical (unpaired) electrons. The normalized spacial score (nSPS) is 33.7. The van der Waals surface area contributed by atoms with Crippen LogP contribution in [0.15, 0.2) is 24.3 Å². The van der Waals surface area contributed by atoms with Crippen LogP contribution in [0.5, 0.6) is 0 Å². The van der Waals surface area contributed by atoms with E-state index in [1.54, 1.807) is 0 Å². The van der Waals surface area contributed by atoms with E-state index in [0.29, 0.717) is 11.5 Å². The average molecular weight is 315 g/mol. The van der Waals surface area contributed by atoms with Crippen molar-refractivity contribution in [2.75, 3.05) is 11.9 Å². The Labute approximate surface area is 142 Å². The van der Waals surface area contributed by atoms with Crippen LogP contribution in [-0.4, -0.2) is 12.6 Å². The molecule has 1 aromatic rings. The largest absolute Gasteiger partial charge is 0.382 e. The van der Waals surface area contributed by atoms with Crippen molar-refractivity contribution in [3.05, 3.63) is 29.8 Å². The van der Waals surface area contributed by atoms with Crippen molar-refractivity contribution in [3.63, 3.8) is 0 Å². The molecule has 0 amide bonds. The molecule has 2 nitrogen and oxygen atoms in total. The highest BCUT2D eigenvalue weighted by Gasteiger charge is 2.49. The van der Waals surface area contributed by atoms with E-state index in [1.165, 1.54) is 43.4 Å². The third-order valence-corrected chi connectivity index (χ3v) is 6.39. The van der Waals surface area contributed by atoms with Gasteiger partial charge in [-0.2, -0.15) is 0 Å². The van der Waals surface area contributed by atoms with Gasteiger partial charge in [0.2, 0.25) is 0 Å². The molecule has 0 aliphatic heterocycles. The summed E-state index contributed by atoms with van der Waals surface area (Å²) in [5, 5.41) is 3.84. The number of nitrogens with two attached hydrogens (primary N) is 1. The van der Waals surface area contributed by atoms with Crippen LogP contribution in [-0.2, 0) is 5.41 Å². The van der Waals surface area contributed by atoms with Gasteiger partial charge in [0, 0.05) is 11.7 Å². The van der Waals surface area contributed by atoms with Crippen molar-refractivity contribution in [2.45, 2.75) is 71.3 Å². The molecular weight excluding hydrogens is 280 g/mol. The lowest BCUT2D eigenvalue weighted by molar-refractivity contribution is 0.157. The molecule has 0 aromatic heterocycles. The van der Waals surface area contributed by atoms with Gasteiger partial charge >= 0.3 is 0 Å². The van der Waals surface area contributed by atoms with E-state index in [0.717, 1.165) is 18.4 Å². The summed E-state index contributed by atoms with van der Waals surface area (Å²) in [6.07, 6.45) is 6.63. The molecule has 0 saturated heterocycles. The maximum Gasteiger partial charge on any atom is 0.0342 e. The van der Waals surface area contributed by atoms with Gasteiger partial charge in [-0.25, -0.2) is 0 Å². The van der Waals surface area contributed by atoms with Crippen LogP contribution in [0.25, 0.3) is 0 Å². The van der Waals surface area contributed by atoms with Crippen LogP contribution in [0.3, 0.4) is 0 Å². The quantitative estimate of drug-likeness (QED) is 0.826. The van der Waals surface area contributed by atoms with Crippen LogP contribution < -0.4 is 11.1 Å². The number of fused-ring (bicyclic) bond motifs is 2. The van der Waals surface area contributed by atoms with Gasteiger partial charge in [0.05, 0.1) is 0 Å². The molecule has 4 atom stereocenters. The molecule has 2 heteroatoms. The molecular formula is C21H34N2. The third kappa shape index (κ3) is 3.42. The van der Waals surface area contributed by atoms with Crippen LogP contribution in [0, 0.1) is 17.3 Å². The Balaban J connectivity index is 1.71. The predicted octanol–water partition coefficient (Wildman–Crippen LogP) is 4.94. The van der Waals surface area contributed by atoms with Gasteiger partial charge in [-0.3, -0.25) is 0 Å². The number of benzene rings is 1. The number of hydrogen-bond donors (Lipinski definition) is 2. The summed E-state index contributed by atoms with van der Waals surface area (Å²) in [5.41, 5.74) is 9.49. The zero-order valence-electron chi connectivity index (χ0n) is 15.4. The predicted molar refractivity (Wildman–Crippen MR) is 99.8 cm³/mol. The monoisotopic (exact) mass is 314 g/mol. The van der Waals surface area contributed by atoms with Gasteiger partial charge in [-0.15, -0.1) is 0 Å². The summed E-state index contributed by atoms with van der Waals surface area (Å²) >= 11 is 0. The van der Waals surface area contributed by atoms with Gasteiger partial charge < -0.3 is 11.1 Å². The van der Waals surface area contributed by atoms with Crippen molar-refractivity contribution < 1.29 is 0 Å². The topological polar surface area (TPSA) is 38.0 Å². The van der Waals surface area contributed by atoms with E-state index in [-0.39, 0.29) is 5.41 Å². The van der Waals surface area contributed by atoms with Gasteiger partial charge in [0.25, 0.3) is 0 Å². The Kier molecular flexibility index (Phi) is 4.48. The van der Waals surface area contributed by atoms with Gasteiger partial charge in [0.15, 0.2) is 0 Å². The first-order valence-electron chi connectivity index (χ1n) is 9.42. The minimum atomic E-state index is 0.223. The van der Waals surface area contributed by atoms with Crippen LogP contribution in [0.4, 0.5) is 5.69 Å². The van der Waals surface area contributed by atoms with Crippen molar-refractivity contribution in [1.29, 1.82) is 0 Å². The number of rotatable bonds is 4. The summed E-state index contributed by atoms with van der Waals surface area (Å²) in [4.78, 5) is 0. The average Bonchev–Trinajstić information content (AvgIpc) is 2.78. The van der Waals surface area contributed by atoms with E-state index < -0.39 is 0 Å².